The molecule has 4 rings (SSSR count). The molecule has 6 heteroatoms. The summed E-state index contributed by atoms with van der Waals surface area (Å²) in [6.45, 7) is 0.699. The van der Waals surface area contributed by atoms with Crippen molar-refractivity contribution in [2.45, 2.75) is 24.7 Å². The molecule has 0 spiro atoms. The van der Waals surface area contributed by atoms with E-state index in [-0.39, 0.29) is 23.8 Å². The van der Waals surface area contributed by atoms with E-state index in [1.165, 1.54) is 0 Å². The number of rotatable bonds is 4. The second-order valence-corrected chi connectivity index (χ2v) is 7.69. The number of hydrogen-bond acceptors (Lipinski definition) is 6. The number of carbonyl (C=O) groups is 2. The van der Waals surface area contributed by atoms with Gasteiger partial charge in [0.25, 0.3) is 0 Å². The van der Waals surface area contributed by atoms with Gasteiger partial charge in [0.05, 0.1) is 39.3 Å². The Morgan fingerprint density at radius 1 is 0.633 bits per heavy atom. The van der Waals surface area contributed by atoms with Gasteiger partial charge in [-0.15, -0.1) is 0 Å². The van der Waals surface area contributed by atoms with Gasteiger partial charge >= 0.3 is 11.9 Å². The highest BCUT2D eigenvalue weighted by Crippen LogP contribution is 2.59. The molecule has 4 unspecified atom stereocenters. The summed E-state index contributed by atoms with van der Waals surface area (Å²) in [6.07, 6.45) is 1.37. The van der Waals surface area contributed by atoms with Crippen LogP contribution in [-0.4, -0.2) is 39.4 Å². The fraction of sp³-hybridized carbons (Fsp3) is 0.417. The molecule has 0 radical (unpaired) electrons. The Labute approximate surface area is 176 Å². The summed E-state index contributed by atoms with van der Waals surface area (Å²) in [5.74, 6) is -0.698. The van der Waals surface area contributed by atoms with Crippen LogP contribution < -0.4 is 9.47 Å². The van der Waals surface area contributed by atoms with Gasteiger partial charge in [-0.05, 0) is 48.2 Å². The molecule has 158 valence electrons. The van der Waals surface area contributed by atoms with E-state index in [1.807, 2.05) is 48.5 Å². The van der Waals surface area contributed by atoms with Crippen molar-refractivity contribution in [1.29, 1.82) is 0 Å². The molecule has 2 aliphatic rings. The number of esters is 2. The zero-order chi connectivity index (χ0) is 21.1. The van der Waals surface area contributed by atoms with E-state index < -0.39 is 11.8 Å². The molecule has 0 bridgehead atoms. The van der Waals surface area contributed by atoms with Crippen LogP contribution in [0, 0.1) is 11.8 Å². The van der Waals surface area contributed by atoms with Gasteiger partial charge in [0, 0.05) is 11.8 Å². The Hall–Kier alpha value is -3.02. The highest BCUT2D eigenvalue weighted by Gasteiger charge is 2.59. The number of carbonyl (C=O) groups excluding carboxylic acids is 2. The highest BCUT2D eigenvalue weighted by atomic mass is 16.5. The van der Waals surface area contributed by atoms with Crippen molar-refractivity contribution in [1.82, 2.24) is 0 Å². The molecule has 1 saturated heterocycles. The SMILES string of the molecule is COc1ccc(C2C3C(=O)OCCCCOC(=O)C3C2c2ccc(OC)cc2)cc1. The lowest BCUT2D eigenvalue weighted by atomic mass is 9.52. The quantitative estimate of drug-likeness (QED) is 0.716. The average Bonchev–Trinajstić information content (AvgIpc) is 2.76. The number of cyclic esters (lactones) is 2. The lowest BCUT2D eigenvalue weighted by Crippen LogP contribution is -2.52. The van der Waals surface area contributed by atoms with Gasteiger partial charge in [-0.2, -0.15) is 0 Å². The summed E-state index contributed by atoms with van der Waals surface area (Å²) >= 11 is 0. The molecule has 0 aromatic heterocycles. The molecule has 30 heavy (non-hydrogen) atoms. The fourth-order valence-electron chi connectivity index (χ4n) is 4.56. The van der Waals surface area contributed by atoms with Crippen LogP contribution in [0.4, 0.5) is 0 Å². The van der Waals surface area contributed by atoms with Crippen LogP contribution in [-0.2, 0) is 19.1 Å². The molecular weight excluding hydrogens is 384 g/mol. The Morgan fingerprint density at radius 3 is 1.33 bits per heavy atom. The maximum absolute atomic E-state index is 12.9. The summed E-state index contributed by atoms with van der Waals surface area (Å²) in [7, 11) is 3.23. The normalized spacial score (nSPS) is 26.5. The first-order chi connectivity index (χ1) is 14.6. The lowest BCUT2D eigenvalue weighted by molar-refractivity contribution is -0.174. The summed E-state index contributed by atoms with van der Waals surface area (Å²) < 4.78 is 21.6. The third-order valence-electron chi connectivity index (χ3n) is 6.12. The third-order valence-corrected chi connectivity index (χ3v) is 6.12. The predicted octanol–water partition coefficient (Wildman–Crippen LogP) is 3.70. The van der Waals surface area contributed by atoms with Gasteiger partial charge < -0.3 is 18.9 Å². The molecule has 2 aromatic carbocycles. The smallest absolute Gasteiger partial charge is 0.310 e. The van der Waals surface area contributed by atoms with Gasteiger partial charge in [-0.1, -0.05) is 24.3 Å². The lowest BCUT2D eigenvalue weighted by Gasteiger charge is -2.49. The van der Waals surface area contributed by atoms with Crippen molar-refractivity contribution in [2.75, 3.05) is 27.4 Å². The minimum absolute atomic E-state index is 0.186. The molecule has 0 N–H and O–H groups in total. The van der Waals surface area contributed by atoms with Crippen molar-refractivity contribution >= 4 is 11.9 Å². The molecule has 2 fully saturated rings. The molecule has 1 saturated carbocycles. The zero-order valence-corrected chi connectivity index (χ0v) is 17.2. The molecule has 0 amide bonds. The fourth-order valence-corrected chi connectivity index (χ4v) is 4.56. The highest BCUT2D eigenvalue weighted by molar-refractivity contribution is 5.87. The van der Waals surface area contributed by atoms with Crippen LogP contribution in [0.25, 0.3) is 0 Å². The zero-order valence-electron chi connectivity index (χ0n) is 17.2. The van der Waals surface area contributed by atoms with E-state index in [0.29, 0.717) is 26.1 Å². The largest absolute Gasteiger partial charge is 0.497 e. The van der Waals surface area contributed by atoms with E-state index in [0.717, 1.165) is 22.6 Å². The first-order valence-electron chi connectivity index (χ1n) is 10.2. The van der Waals surface area contributed by atoms with Crippen LogP contribution in [0.3, 0.4) is 0 Å². The van der Waals surface area contributed by atoms with E-state index in [4.69, 9.17) is 18.9 Å². The summed E-state index contributed by atoms with van der Waals surface area (Å²) in [5.41, 5.74) is 1.94. The molecule has 1 aliphatic heterocycles. The van der Waals surface area contributed by atoms with Crippen molar-refractivity contribution in [2.24, 2.45) is 11.8 Å². The maximum atomic E-state index is 12.9. The minimum atomic E-state index is -0.573. The van der Waals surface area contributed by atoms with Crippen LogP contribution in [0.1, 0.15) is 35.8 Å². The van der Waals surface area contributed by atoms with Crippen molar-refractivity contribution in [3.63, 3.8) is 0 Å². The van der Waals surface area contributed by atoms with Gasteiger partial charge in [-0.25, -0.2) is 0 Å². The molecule has 1 aliphatic carbocycles. The minimum Gasteiger partial charge on any atom is -0.497 e. The van der Waals surface area contributed by atoms with E-state index in [1.54, 1.807) is 14.2 Å². The second-order valence-electron chi connectivity index (χ2n) is 7.69. The first-order valence-corrected chi connectivity index (χ1v) is 10.2. The van der Waals surface area contributed by atoms with E-state index in [9.17, 15) is 9.59 Å². The summed E-state index contributed by atoms with van der Waals surface area (Å²) in [4.78, 5) is 25.9. The second kappa shape index (κ2) is 8.78. The van der Waals surface area contributed by atoms with Crippen molar-refractivity contribution in [3.8, 4) is 11.5 Å². The van der Waals surface area contributed by atoms with Gasteiger partial charge in [-0.3, -0.25) is 9.59 Å². The number of benzene rings is 2. The predicted molar refractivity (Wildman–Crippen MR) is 110 cm³/mol. The molecule has 4 atom stereocenters. The molecule has 6 nitrogen and oxygen atoms in total. The van der Waals surface area contributed by atoms with Gasteiger partial charge in [0.1, 0.15) is 11.5 Å². The molecule has 1 heterocycles. The number of methoxy groups -OCH3 is 2. The maximum Gasteiger partial charge on any atom is 0.310 e. The molecule has 2 aromatic rings. The monoisotopic (exact) mass is 410 g/mol. The number of fused-ring (bicyclic) bond motifs is 1. The standard InChI is InChI=1S/C24H26O6/c1-27-17-9-5-15(6-10-17)19-20(16-7-11-18(28-2)12-8-16)22-21(19)23(25)29-13-3-4-14-30-24(22)26/h5-12,19-22H,3-4,13-14H2,1-2H3. The van der Waals surface area contributed by atoms with Crippen molar-refractivity contribution in [3.05, 3.63) is 59.7 Å². The Balaban J connectivity index is 1.75. The first kappa shape index (κ1) is 20.3. The Morgan fingerprint density at radius 2 is 1.00 bits per heavy atom. The van der Waals surface area contributed by atoms with E-state index in [2.05, 4.69) is 0 Å². The topological polar surface area (TPSA) is 71.1 Å². The summed E-state index contributed by atoms with van der Waals surface area (Å²) in [6, 6.07) is 15.3. The number of ether oxygens (including phenoxy) is 4. The van der Waals surface area contributed by atoms with Crippen molar-refractivity contribution < 1.29 is 28.5 Å². The molecular formula is C24H26O6. The average molecular weight is 410 g/mol. The Kier molecular flexibility index (Phi) is 5.93. The van der Waals surface area contributed by atoms with Crippen LogP contribution >= 0.6 is 0 Å². The van der Waals surface area contributed by atoms with Crippen LogP contribution in [0.15, 0.2) is 48.5 Å². The van der Waals surface area contributed by atoms with Crippen LogP contribution in [0.2, 0.25) is 0 Å². The number of hydrogen-bond donors (Lipinski definition) is 0. The van der Waals surface area contributed by atoms with Gasteiger partial charge in [0.15, 0.2) is 0 Å². The van der Waals surface area contributed by atoms with E-state index >= 15 is 0 Å². The summed E-state index contributed by atoms with van der Waals surface area (Å²) in [5, 5.41) is 0. The van der Waals surface area contributed by atoms with Gasteiger partial charge in [0.2, 0.25) is 0 Å². The van der Waals surface area contributed by atoms with Crippen LogP contribution in [0.5, 0.6) is 11.5 Å². The Bertz CT molecular complexity index is 813. The third kappa shape index (κ3) is 3.74.